The van der Waals surface area contributed by atoms with Crippen LogP contribution in [-0.4, -0.2) is 60.9 Å². The van der Waals surface area contributed by atoms with Crippen molar-refractivity contribution in [2.75, 3.05) is 33.2 Å². The number of benzene rings is 1. The van der Waals surface area contributed by atoms with Gasteiger partial charge < -0.3 is 15.1 Å². The standard InChI is InChI=1S/C18H27N3O2/c1-4-17(22)19-16(13-15-7-5-14(2)6-8-15)18(23)21-11-9-20(3)10-12-21/h5-8,16H,4,9-13H2,1-3H3,(H,19,22). The minimum absolute atomic E-state index is 0.0282. The third-order valence-corrected chi connectivity index (χ3v) is 4.33. The fourth-order valence-corrected chi connectivity index (χ4v) is 2.70. The summed E-state index contributed by atoms with van der Waals surface area (Å²) >= 11 is 0. The number of rotatable bonds is 5. The molecule has 1 N–H and O–H groups in total. The monoisotopic (exact) mass is 317 g/mol. The summed E-state index contributed by atoms with van der Waals surface area (Å²) in [4.78, 5) is 28.7. The Morgan fingerprint density at radius 3 is 2.30 bits per heavy atom. The summed E-state index contributed by atoms with van der Waals surface area (Å²) in [6.45, 7) is 7.05. The van der Waals surface area contributed by atoms with E-state index < -0.39 is 6.04 Å². The van der Waals surface area contributed by atoms with Crippen LogP contribution < -0.4 is 5.32 Å². The summed E-state index contributed by atoms with van der Waals surface area (Å²) in [5, 5.41) is 2.89. The molecule has 1 aromatic rings. The van der Waals surface area contributed by atoms with Gasteiger partial charge in [-0.05, 0) is 19.5 Å². The summed E-state index contributed by atoms with van der Waals surface area (Å²) in [5.74, 6) is -0.0509. The van der Waals surface area contributed by atoms with E-state index in [0.29, 0.717) is 12.8 Å². The minimum atomic E-state index is -0.478. The molecule has 23 heavy (non-hydrogen) atoms. The summed E-state index contributed by atoms with van der Waals surface area (Å²) in [5.41, 5.74) is 2.26. The number of aryl methyl sites for hydroxylation is 1. The maximum absolute atomic E-state index is 12.8. The van der Waals surface area contributed by atoms with Crippen molar-refractivity contribution in [3.8, 4) is 0 Å². The Bertz CT molecular complexity index is 534. The van der Waals surface area contributed by atoms with Crippen molar-refractivity contribution in [3.63, 3.8) is 0 Å². The van der Waals surface area contributed by atoms with E-state index in [1.54, 1.807) is 6.92 Å². The highest BCUT2D eigenvalue weighted by molar-refractivity contribution is 5.88. The second kappa shape index (κ2) is 8.11. The molecular formula is C18H27N3O2. The lowest BCUT2D eigenvalue weighted by molar-refractivity contribution is -0.137. The van der Waals surface area contributed by atoms with Gasteiger partial charge in [0, 0.05) is 39.0 Å². The van der Waals surface area contributed by atoms with Crippen LogP contribution in [0.2, 0.25) is 0 Å². The van der Waals surface area contributed by atoms with Crippen molar-refractivity contribution in [3.05, 3.63) is 35.4 Å². The van der Waals surface area contributed by atoms with E-state index in [9.17, 15) is 9.59 Å². The first kappa shape index (κ1) is 17.5. The van der Waals surface area contributed by atoms with Crippen LogP contribution in [0.5, 0.6) is 0 Å². The van der Waals surface area contributed by atoms with E-state index >= 15 is 0 Å². The van der Waals surface area contributed by atoms with Gasteiger partial charge in [-0.25, -0.2) is 0 Å². The quantitative estimate of drug-likeness (QED) is 0.888. The average Bonchev–Trinajstić information content (AvgIpc) is 2.56. The summed E-state index contributed by atoms with van der Waals surface area (Å²) in [6.07, 6.45) is 0.928. The molecule has 1 aliphatic heterocycles. The number of piperazine rings is 1. The molecule has 5 nitrogen and oxygen atoms in total. The van der Waals surface area contributed by atoms with Gasteiger partial charge in [0.2, 0.25) is 11.8 Å². The van der Waals surface area contributed by atoms with Crippen molar-refractivity contribution in [1.82, 2.24) is 15.1 Å². The van der Waals surface area contributed by atoms with Crippen molar-refractivity contribution in [1.29, 1.82) is 0 Å². The number of carbonyl (C=O) groups is 2. The zero-order chi connectivity index (χ0) is 16.8. The zero-order valence-corrected chi connectivity index (χ0v) is 14.3. The third-order valence-electron chi connectivity index (χ3n) is 4.33. The molecule has 1 aromatic carbocycles. The number of amides is 2. The molecule has 0 radical (unpaired) electrons. The molecule has 1 unspecified atom stereocenters. The average molecular weight is 317 g/mol. The van der Waals surface area contributed by atoms with E-state index in [1.807, 2.05) is 36.1 Å². The van der Waals surface area contributed by atoms with Crippen LogP contribution in [-0.2, 0) is 16.0 Å². The molecule has 2 rings (SSSR count). The number of hydrogen-bond acceptors (Lipinski definition) is 3. The van der Waals surface area contributed by atoms with Crippen molar-refractivity contribution >= 4 is 11.8 Å². The highest BCUT2D eigenvalue weighted by Crippen LogP contribution is 2.10. The fourth-order valence-electron chi connectivity index (χ4n) is 2.70. The summed E-state index contributed by atoms with van der Waals surface area (Å²) in [7, 11) is 2.06. The van der Waals surface area contributed by atoms with Gasteiger partial charge >= 0.3 is 0 Å². The van der Waals surface area contributed by atoms with Gasteiger partial charge in [0.05, 0.1) is 0 Å². The maximum Gasteiger partial charge on any atom is 0.245 e. The van der Waals surface area contributed by atoms with E-state index in [1.165, 1.54) is 5.56 Å². The van der Waals surface area contributed by atoms with E-state index in [4.69, 9.17) is 0 Å². The van der Waals surface area contributed by atoms with Gasteiger partial charge in [-0.1, -0.05) is 36.8 Å². The first-order chi connectivity index (χ1) is 11.0. The van der Waals surface area contributed by atoms with Crippen LogP contribution in [0.4, 0.5) is 0 Å². The van der Waals surface area contributed by atoms with Gasteiger partial charge in [0.1, 0.15) is 6.04 Å². The number of carbonyl (C=O) groups excluding carboxylic acids is 2. The topological polar surface area (TPSA) is 52.7 Å². The van der Waals surface area contributed by atoms with Crippen molar-refractivity contribution in [2.24, 2.45) is 0 Å². The van der Waals surface area contributed by atoms with E-state index in [0.717, 1.165) is 31.7 Å². The van der Waals surface area contributed by atoms with Gasteiger partial charge in [-0.2, -0.15) is 0 Å². The number of likely N-dealkylation sites (N-methyl/N-ethyl adjacent to an activating group) is 1. The Morgan fingerprint density at radius 2 is 1.74 bits per heavy atom. The lowest BCUT2D eigenvalue weighted by Gasteiger charge is -2.34. The molecule has 1 heterocycles. The molecular weight excluding hydrogens is 290 g/mol. The van der Waals surface area contributed by atoms with Crippen molar-refractivity contribution in [2.45, 2.75) is 32.7 Å². The zero-order valence-electron chi connectivity index (χ0n) is 14.3. The molecule has 0 spiro atoms. The highest BCUT2D eigenvalue weighted by Gasteiger charge is 2.27. The molecule has 1 atom stereocenters. The number of nitrogens with zero attached hydrogens (tertiary/aromatic N) is 2. The second-order valence-electron chi connectivity index (χ2n) is 6.29. The third kappa shape index (κ3) is 5.06. The Morgan fingerprint density at radius 1 is 1.13 bits per heavy atom. The Balaban J connectivity index is 2.07. The van der Waals surface area contributed by atoms with Crippen LogP contribution in [0.3, 0.4) is 0 Å². The number of hydrogen-bond donors (Lipinski definition) is 1. The Labute approximate surface area is 138 Å². The Hall–Kier alpha value is -1.88. The number of nitrogens with one attached hydrogen (secondary N) is 1. The van der Waals surface area contributed by atoms with Crippen LogP contribution in [0.15, 0.2) is 24.3 Å². The predicted molar refractivity (Wildman–Crippen MR) is 91.2 cm³/mol. The van der Waals surface area contributed by atoms with Crippen LogP contribution in [0.1, 0.15) is 24.5 Å². The maximum atomic E-state index is 12.8. The SMILES string of the molecule is CCC(=O)NC(Cc1ccc(C)cc1)C(=O)N1CCN(C)CC1. The first-order valence-electron chi connectivity index (χ1n) is 8.32. The van der Waals surface area contributed by atoms with Crippen LogP contribution in [0, 0.1) is 6.92 Å². The molecule has 2 amide bonds. The van der Waals surface area contributed by atoms with Crippen LogP contribution in [0.25, 0.3) is 0 Å². The molecule has 1 aliphatic rings. The molecule has 1 fully saturated rings. The smallest absolute Gasteiger partial charge is 0.245 e. The first-order valence-corrected chi connectivity index (χ1v) is 8.32. The minimum Gasteiger partial charge on any atom is -0.344 e. The molecule has 1 saturated heterocycles. The second-order valence-corrected chi connectivity index (χ2v) is 6.29. The molecule has 5 heteroatoms. The lowest BCUT2D eigenvalue weighted by atomic mass is 10.0. The normalized spacial score (nSPS) is 16.9. The van der Waals surface area contributed by atoms with Crippen LogP contribution >= 0.6 is 0 Å². The lowest BCUT2D eigenvalue weighted by Crippen LogP contribution is -2.54. The Kier molecular flexibility index (Phi) is 6.16. The van der Waals surface area contributed by atoms with Gasteiger partial charge in [0.15, 0.2) is 0 Å². The van der Waals surface area contributed by atoms with E-state index in [-0.39, 0.29) is 11.8 Å². The molecule has 126 valence electrons. The van der Waals surface area contributed by atoms with Gasteiger partial charge in [0.25, 0.3) is 0 Å². The molecule has 0 saturated carbocycles. The van der Waals surface area contributed by atoms with Crippen molar-refractivity contribution < 1.29 is 9.59 Å². The van der Waals surface area contributed by atoms with E-state index in [2.05, 4.69) is 17.3 Å². The predicted octanol–water partition coefficient (Wildman–Crippen LogP) is 1.21. The fraction of sp³-hybridized carbons (Fsp3) is 0.556. The summed E-state index contributed by atoms with van der Waals surface area (Å²) in [6, 6.07) is 7.64. The molecule has 0 aliphatic carbocycles. The largest absolute Gasteiger partial charge is 0.344 e. The molecule has 0 aromatic heterocycles. The molecule has 0 bridgehead atoms. The summed E-state index contributed by atoms with van der Waals surface area (Å²) < 4.78 is 0. The highest BCUT2D eigenvalue weighted by atomic mass is 16.2. The van der Waals surface area contributed by atoms with Gasteiger partial charge in [-0.3, -0.25) is 9.59 Å². The van der Waals surface area contributed by atoms with Gasteiger partial charge in [-0.15, -0.1) is 0 Å².